The molecule has 0 saturated carbocycles. The maximum absolute atomic E-state index is 10.9. The zero-order valence-corrected chi connectivity index (χ0v) is 8.15. The number of carboxylic acid groups (broad SMARTS) is 1. The van der Waals surface area contributed by atoms with Crippen LogP contribution in [-0.2, 0) is 9.59 Å². The molecule has 0 amide bonds. The Morgan fingerprint density at radius 1 is 1.43 bits per heavy atom. The first kappa shape index (κ1) is 12.5. The minimum absolute atomic E-state index is 0.0616. The van der Waals surface area contributed by atoms with Crippen LogP contribution in [0.25, 0.3) is 0 Å². The van der Waals surface area contributed by atoms with Crippen LogP contribution in [-0.4, -0.2) is 27.3 Å². The number of carboxylic acids is 1. The standard InChI is InChI=1S/C8H13NO5/c1-8(2,9(13)14)4-3-6(10)5-7(11)12/h3-5H2,1-2H3,(H,11,12). The fourth-order valence-electron chi connectivity index (χ4n) is 0.794. The van der Waals surface area contributed by atoms with E-state index in [1.54, 1.807) is 0 Å². The molecule has 0 aromatic rings. The second-order valence-electron chi connectivity index (χ2n) is 3.68. The van der Waals surface area contributed by atoms with Crippen molar-refractivity contribution in [2.24, 2.45) is 0 Å². The molecule has 0 heterocycles. The lowest BCUT2D eigenvalue weighted by Gasteiger charge is -2.14. The molecule has 0 atom stereocenters. The van der Waals surface area contributed by atoms with Crippen molar-refractivity contribution >= 4 is 11.8 Å². The lowest BCUT2D eigenvalue weighted by atomic mass is 9.97. The van der Waals surface area contributed by atoms with Gasteiger partial charge in [-0.2, -0.15) is 0 Å². The molecule has 0 aliphatic carbocycles. The zero-order valence-electron chi connectivity index (χ0n) is 8.15. The number of nitro groups is 1. The highest BCUT2D eigenvalue weighted by Crippen LogP contribution is 2.15. The van der Waals surface area contributed by atoms with Crippen LogP contribution < -0.4 is 0 Å². The van der Waals surface area contributed by atoms with Crippen molar-refractivity contribution in [3.05, 3.63) is 10.1 Å². The van der Waals surface area contributed by atoms with Gasteiger partial charge < -0.3 is 5.11 Å². The molecule has 1 N–H and O–H groups in total. The Morgan fingerprint density at radius 3 is 2.29 bits per heavy atom. The summed E-state index contributed by atoms with van der Waals surface area (Å²) in [7, 11) is 0. The molecule has 0 aliphatic rings. The Bertz CT molecular complexity index is 258. The van der Waals surface area contributed by atoms with Gasteiger partial charge in [-0.15, -0.1) is 0 Å². The second-order valence-corrected chi connectivity index (χ2v) is 3.68. The predicted octanol–water partition coefficient (Wildman–Crippen LogP) is 0.866. The van der Waals surface area contributed by atoms with Crippen LogP contribution in [0.2, 0.25) is 0 Å². The summed E-state index contributed by atoms with van der Waals surface area (Å²) < 4.78 is 0. The molecule has 0 aromatic carbocycles. The Labute approximate surface area is 81.1 Å². The molecule has 0 saturated heterocycles. The van der Waals surface area contributed by atoms with Gasteiger partial charge >= 0.3 is 5.97 Å². The number of rotatable bonds is 6. The number of aliphatic carboxylic acids is 1. The average molecular weight is 203 g/mol. The minimum Gasteiger partial charge on any atom is -0.481 e. The van der Waals surface area contributed by atoms with E-state index < -0.39 is 28.6 Å². The molecule has 0 rings (SSSR count). The van der Waals surface area contributed by atoms with Gasteiger partial charge in [0, 0.05) is 31.6 Å². The number of hydrogen-bond donors (Lipinski definition) is 1. The van der Waals surface area contributed by atoms with E-state index in [4.69, 9.17) is 5.11 Å². The Kier molecular flexibility index (Phi) is 4.20. The quantitative estimate of drug-likeness (QED) is 0.392. The van der Waals surface area contributed by atoms with Crippen LogP contribution in [0.5, 0.6) is 0 Å². The number of carbonyl (C=O) groups excluding carboxylic acids is 1. The van der Waals surface area contributed by atoms with Gasteiger partial charge in [-0.25, -0.2) is 0 Å². The normalized spacial score (nSPS) is 11.0. The van der Waals surface area contributed by atoms with Crippen molar-refractivity contribution in [3.8, 4) is 0 Å². The molecule has 0 fully saturated rings. The van der Waals surface area contributed by atoms with E-state index >= 15 is 0 Å². The van der Waals surface area contributed by atoms with Gasteiger partial charge in [-0.3, -0.25) is 19.7 Å². The highest BCUT2D eigenvalue weighted by Gasteiger charge is 2.31. The largest absolute Gasteiger partial charge is 0.481 e. The monoisotopic (exact) mass is 203 g/mol. The van der Waals surface area contributed by atoms with Gasteiger partial charge in [0.05, 0.1) is 0 Å². The van der Waals surface area contributed by atoms with Gasteiger partial charge in [0.15, 0.2) is 0 Å². The number of ketones is 1. The van der Waals surface area contributed by atoms with Crippen LogP contribution in [0.15, 0.2) is 0 Å². The minimum atomic E-state index is -1.20. The molecule has 0 radical (unpaired) electrons. The molecule has 6 heteroatoms. The number of carbonyl (C=O) groups is 2. The van der Waals surface area contributed by atoms with Gasteiger partial charge in [-0.05, 0) is 0 Å². The molecule has 14 heavy (non-hydrogen) atoms. The third-order valence-corrected chi connectivity index (χ3v) is 1.86. The van der Waals surface area contributed by atoms with E-state index in [1.807, 2.05) is 0 Å². The van der Waals surface area contributed by atoms with Crippen LogP contribution in [0, 0.1) is 10.1 Å². The van der Waals surface area contributed by atoms with Gasteiger partial charge in [0.1, 0.15) is 12.2 Å². The summed E-state index contributed by atoms with van der Waals surface area (Å²) in [5.74, 6) is -1.68. The van der Waals surface area contributed by atoms with E-state index in [2.05, 4.69) is 0 Å². The summed E-state index contributed by atoms with van der Waals surface area (Å²) >= 11 is 0. The summed E-state index contributed by atoms with van der Waals surface area (Å²) in [6.07, 6.45) is -0.569. The fourth-order valence-corrected chi connectivity index (χ4v) is 0.794. The number of hydrogen-bond acceptors (Lipinski definition) is 4. The summed E-state index contributed by atoms with van der Waals surface area (Å²) in [5, 5.41) is 18.7. The Balaban J connectivity index is 4.00. The second kappa shape index (κ2) is 4.69. The maximum atomic E-state index is 10.9. The summed E-state index contributed by atoms with van der Waals surface area (Å²) in [4.78, 5) is 31.0. The SMILES string of the molecule is CC(C)(CCC(=O)CC(=O)O)[N+](=O)[O-]. The molecule has 0 bridgehead atoms. The highest BCUT2D eigenvalue weighted by atomic mass is 16.6. The Hall–Kier alpha value is -1.46. The van der Waals surface area contributed by atoms with Crippen LogP contribution in [0.4, 0.5) is 0 Å². The van der Waals surface area contributed by atoms with Crippen LogP contribution >= 0.6 is 0 Å². The summed E-state index contributed by atoms with van der Waals surface area (Å²) in [6.45, 7) is 2.81. The molecule has 0 unspecified atom stereocenters. The van der Waals surface area contributed by atoms with Gasteiger partial charge in [0.2, 0.25) is 5.54 Å². The van der Waals surface area contributed by atoms with E-state index in [-0.39, 0.29) is 12.8 Å². The Morgan fingerprint density at radius 2 is 1.93 bits per heavy atom. The number of nitrogens with zero attached hydrogens (tertiary/aromatic N) is 1. The zero-order chi connectivity index (χ0) is 11.4. The molecule has 80 valence electrons. The van der Waals surface area contributed by atoms with E-state index in [9.17, 15) is 19.7 Å². The van der Waals surface area contributed by atoms with Crippen molar-refractivity contribution < 1.29 is 19.6 Å². The molecule has 0 aromatic heterocycles. The lowest BCUT2D eigenvalue weighted by Crippen LogP contribution is -2.31. The van der Waals surface area contributed by atoms with Gasteiger partial charge in [-0.1, -0.05) is 0 Å². The third kappa shape index (κ3) is 4.54. The molecular formula is C8H13NO5. The first-order valence-electron chi connectivity index (χ1n) is 4.13. The third-order valence-electron chi connectivity index (χ3n) is 1.86. The molecule has 6 nitrogen and oxygen atoms in total. The summed E-state index contributed by atoms with van der Waals surface area (Å²) in [6, 6.07) is 0. The highest BCUT2D eigenvalue weighted by molar-refractivity contribution is 5.94. The smallest absolute Gasteiger partial charge is 0.310 e. The van der Waals surface area contributed by atoms with E-state index in [1.165, 1.54) is 13.8 Å². The van der Waals surface area contributed by atoms with Crippen LogP contribution in [0.1, 0.15) is 33.1 Å². The topological polar surface area (TPSA) is 97.5 Å². The predicted molar refractivity (Wildman–Crippen MR) is 47.6 cm³/mol. The maximum Gasteiger partial charge on any atom is 0.310 e. The number of Topliss-reactive ketones (excluding diaryl/α,β-unsaturated/α-hetero) is 1. The van der Waals surface area contributed by atoms with Crippen molar-refractivity contribution in [1.29, 1.82) is 0 Å². The fraction of sp³-hybridized carbons (Fsp3) is 0.750. The molecule has 0 spiro atoms. The lowest BCUT2D eigenvalue weighted by molar-refractivity contribution is -0.561. The summed E-state index contributed by atoms with van der Waals surface area (Å²) in [5.41, 5.74) is -1.17. The van der Waals surface area contributed by atoms with Crippen molar-refractivity contribution in [2.45, 2.75) is 38.6 Å². The molecule has 0 aliphatic heterocycles. The first-order valence-corrected chi connectivity index (χ1v) is 4.13. The average Bonchev–Trinajstić information content (AvgIpc) is 1.99. The van der Waals surface area contributed by atoms with Crippen LogP contribution in [0.3, 0.4) is 0 Å². The van der Waals surface area contributed by atoms with Crippen molar-refractivity contribution in [3.63, 3.8) is 0 Å². The van der Waals surface area contributed by atoms with E-state index in [0.29, 0.717) is 0 Å². The van der Waals surface area contributed by atoms with Gasteiger partial charge in [0.25, 0.3) is 0 Å². The molecular weight excluding hydrogens is 190 g/mol. The van der Waals surface area contributed by atoms with Crippen molar-refractivity contribution in [1.82, 2.24) is 0 Å². The first-order chi connectivity index (χ1) is 6.25. The van der Waals surface area contributed by atoms with E-state index in [0.717, 1.165) is 0 Å². The van der Waals surface area contributed by atoms with Crippen molar-refractivity contribution in [2.75, 3.05) is 0 Å².